The van der Waals surface area contributed by atoms with Gasteiger partial charge in [0.15, 0.2) is 17.5 Å². The maximum atomic E-state index is 13.0. The fourth-order valence-electron chi connectivity index (χ4n) is 3.79. The molecule has 2 aromatic carbocycles. The summed E-state index contributed by atoms with van der Waals surface area (Å²) in [5.41, 5.74) is 3.43. The number of nitrogens with two attached hydrogens (primary N) is 1. The first-order chi connectivity index (χ1) is 13.5. The lowest BCUT2D eigenvalue weighted by atomic mass is 10.1. The fourth-order valence-corrected chi connectivity index (χ4v) is 3.79. The number of ether oxygens (including phenoxy) is 2. The summed E-state index contributed by atoms with van der Waals surface area (Å²) < 4.78 is 11.4. The number of rotatable bonds is 8. The molecule has 2 aromatic rings. The molecule has 28 heavy (non-hydrogen) atoms. The van der Waals surface area contributed by atoms with Crippen LogP contribution in [0.1, 0.15) is 44.9 Å². The smallest absolute Gasteiger partial charge is 0.284 e. The molecule has 1 heterocycles. The summed E-state index contributed by atoms with van der Waals surface area (Å²) in [6, 6.07) is 14.2. The molecule has 150 valence electrons. The van der Waals surface area contributed by atoms with Crippen LogP contribution in [0.3, 0.4) is 0 Å². The normalized spacial score (nSPS) is 15.1. The summed E-state index contributed by atoms with van der Waals surface area (Å²) in [4.78, 5) is 15.0. The van der Waals surface area contributed by atoms with Crippen molar-refractivity contribution in [3.63, 3.8) is 0 Å². The van der Waals surface area contributed by atoms with E-state index in [1.807, 2.05) is 56.0 Å². The second kappa shape index (κ2) is 9.11. The van der Waals surface area contributed by atoms with Crippen LogP contribution in [-0.4, -0.2) is 31.7 Å². The summed E-state index contributed by atoms with van der Waals surface area (Å²) in [7, 11) is 0. The lowest BCUT2D eigenvalue weighted by Gasteiger charge is -2.23. The second-order valence-electron chi connectivity index (χ2n) is 7.21. The number of carbonyl (C=O) groups excluding carboxylic acids is 1. The van der Waals surface area contributed by atoms with Crippen molar-refractivity contribution in [2.24, 2.45) is 0 Å². The van der Waals surface area contributed by atoms with Gasteiger partial charge in [0, 0.05) is 17.8 Å². The number of benzene rings is 2. The van der Waals surface area contributed by atoms with Gasteiger partial charge in [-0.25, -0.2) is 0 Å². The standard InChI is InChI=1S/C23H30N2O3/c1-5-27-21-12-11-19(15-22(21)28-6-2)16(3)24-17(4)23(26)25-14-13-18-9-7-8-10-20(18)25/h7-12,15-17,24H,5-6,13-14H2,1-4H3/p+1/t16-,17+/m0/s1. The Bertz CT molecular complexity index is 821. The summed E-state index contributed by atoms with van der Waals surface area (Å²) in [6.07, 6.45) is 0.931. The van der Waals surface area contributed by atoms with Gasteiger partial charge in [-0.3, -0.25) is 4.79 Å². The Morgan fingerprint density at radius 1 is 1.07 bits per heavy atom. The second-order valence-corrected chi connectivity index (χ2v) is 7.21. The van der Waals surface area contributed by atoms with E-state index < -0.39 is 0 Å². The van der Waals surface area contributed by atoms with E-state index in [1.165, 1.54) is 5.56 Å². The summed E-state index contributed by atoms with van der Waals surface area (Å²) in [5, 5.41) is 2.12. The van der Waals surface area contributed by atoms with Crippen LogP contribution in [-0.2, 0) is 11.2 Å². The molecule has 0 aromatic heterocycles. The van der Waals surface area contributed by atoms with Crippen molar-refractivity contribution in [1.82, 2.24) is 0 Å². The highest BCUT2D eigenvalue weighted by atomic mass is 16.5. The van der Waals surface area contributed by atoms with E-state index in [0.29, 0.717) is 13.2 Å². The van der Waals surface area contributed by atoms with Crippen molar-refractivity contribution in [3.05, 3.63) is 53.6 Å². The third kappa shape index (κ3) is 4.30. The van der Waals surface area contributed by atoms with Crippen LogP contribution in [0, 0.1) is 0 Å². The SMILES string of the molecule is CCOc1ccc([C@H](C)[NH2+][C@H](C)C(=O)N2CCc3ccccc32)cc1OCC. The topological polar surface area (TPSA) is 55.4 Å². The van der Waals surface area contributed by atoms with Crippen LogP contribution in [0.2, 0.25) is 0 Å². The van der Waals surface area contributed by atoms with Crippen molar-refractivity contribution in [2.75, 3.05) is 24.7 Å². The highest BCUT2D eigenvalue weighted by Crippen LogP contribution is 2.30. The van der Waals surface area contributed by atoms with Crippen LogP contribution in [0.25, 0.3) is 0 Å². The molecule has 1 aliphatic rings. The Balaban J connectivity index is 1.69. The quantitative estimate of drug-likeness (QED) is 0.762. The molecule has 0 aliphatic carbocycles. The zero-order chi connectivity index (χ0) is 20.1. The number of anilines is 1. The Kier molecular flexibility index (Phi) is 6.57. The Morgan fingerprint density at radius 2 is 1.79 bits per heavy atom. The highest BCUT2D eigenvalue weighted by Gasteiger charge is 2.30. The van der Waals surface area contributed by atoms with Crippen molar-refractivity contribution in [1.29, 1.82) is 0 Å². The molecule has 0 unspecified atom stereocenters. The van der Waals surface area contributed by atoms with Crippen molar-refractivity contribution >= 4 is 11.6 Å². The number of amides is 1. The molecule has 5 nitrogen and oxygen atoms in total. The van der Waals surface area contributed by atoms with Gasteiger partial charge in [-0.1, -0.05) is 18.2 Å². The number of nitrogens with zero attached hydrogens (tertiary/aromatic N) is 1. The van der Waals surface area contributed by atoms with E-state index in [-0.39, 0.29) is 18.0 Å². The molecule has 5 heteroatoms. The van der Waals surface area contributed by atoms with Crippen LogP contribution >= 0.6 is 0 Å². The van der Waals surface area contributed by atoms with Crippen molar-refractivity contribution in [3.8, 4) is 11.5 Å². The van der Waals surface area contributed by atoms with E-state index in [9.17, 15) is 4.79 Å². The first-order valence-corrected chi connectivity index (χ1v) is 10.2. The predicted octanol–water partition coefficient (Wildman–Crippen LogP) is 3.09. The summed E-state index contributed by atoms with van der Waals surface area (Å²) in [6.45, 7) is 9.98. The molecule has 3 rings (SSSR count). The Labute approximate surface area is 167 Å². The summed E-state index contributed by atoms with van der Waals surface area (Å²) >= 11 is 0. The van der Waals surface area contributed by atoms with E-state index in [4.69, 9.17) is 9.47 Å². The third-order valence-electron chi connectivity index (χ3n) is 5.21. The van der Waals surface area contributed by atoms with Gasteiger partial charge in [0.25, 0.3) is 5.91 Å². The maximum absolute atomic E-state index is 13.0. The lowest BCUT2D eigenvalue weighted by molar-refractivity contribution is -0.710. The third-order valence-corrected chi connectivity index (χ3v) is 5.21. The number of fused-ring (bicyclic) bond motifs is 1. The van der Waals surface area contributed by atoms with E-state index >= 15 is 0 Å². The van der Waals surface area contributed by atoms with Gasteiger partial charge in [0.05, 0.1) is 13.2 Å². The summed E-state index contributed by atoms with van der Waals surface area (Å²) in [5.74, 6) is 1.68. The predicted molar refractivity (Wildman–Crippen MR) is 111 cm³/mol. The van der Waals surface area contributed by atoms with Crippen LogP contribution < -0.4 is 19.7 Å². The van der Waals surface area contributed by atoms with Crippen LogP contribution in [0.4, 0.5) is 5.69 Å². The van der Waals surface area contributed by atoms with Gasteiger partial charge < -0.3 is 19.7 Å². The van der Waals surface area contributed by atoms with Crippen molar-refractivity contribution in [2.45, 2.75) is 46.2 Å². The number of hydrogen-bond donors (Lipinski definition) is 1. The Hall–Kier alpha value is -2.53. The van der Waals surface area contributed by atoms with Gasteiger partial charge in [-0.15, -0.1) is 0 Å². The fraction of sp³-hybridized carbons (Fsp3) is 0.435. The van der Waals surface area contributed by atoms with E-state index in [0.717, 1.165) is 35.7 Å². The van der Waals surface area contributed by atoms with Crippen LogP contribution in [0.15, 0.2) is 42.5 Å². The van der Waals surface area contributed by atoms with Gasteiger partial charge in [0.2, 0.25) is 0 Å². The molecule has 0 fully saturated rings. The molecule has 0 spiro atoms. The lowest BCUT2D eigenvalue weighted by Crippen LogP contribution is -2.92. The largest absolute Gasteiger partial charge is 0.490 e. The molecule has 0 saturated carbocycles. The number of para-hydroxylation sites is 1. The molecular weight excluding hydrogens is 352 g/mol. The van der Waals surface area contributed by atoms with Gasteiger partial charge >= 0.3 is 0 Å². The highest BCUT2D eigenvalue weighted by molar-refractivity contribution is 5.97. The average Bonchev–Trinajstić information content (AvgIpc) is 3.13. The Morgan fingerprint density at radius 3 is 2.54 bits per heavy atom. The number of quaternary nitrogens is 1. The first-order valence-electron chi connectivity index (χ1n) is 10.2. The molecule has 0 saturated heterocycles. The molecule has 0 bridgehead atoms. The minimum Gasteiger partial charge on any atom is -0.490 e. The van der Waals surface area contributed by atoms with E-state index in [2.05, 4.69) is 24.4 Å². The molecule has 2 atom stereocenters. The molecule has 1 aliphatic heterocycles. The zero-order valence-corrected chi connectivity index (χ0v) is 17.3. The van der Waals surface area contributed by atoms with Crippen LogP contribution in [0.5, 0.6) is 11.5 Å². The number of hydrogen-bond acceptors (Lipinski definition) is 3. The number of carbonyl (C=O) groups is 1. The first kappa shape index (κ1) is 20.2. The zero-order valence-electron chi connectivity index (χ0n) is 17.3. The van der Waals surface area contributed by atoms with Gasteiger partial charge in [-0.2, -0.15) is 0 Å². The average molecular weight is 384 g/mol. The molecular formula is C23H31N2O3+. The monoisotopic (exact) mass is 383 g/mol. The van der Waals surface area contributed by atoms with Crippen molar-refractivity contribution < 1.29 is 19.6 Å². The van der Waals surface area contributed by atoms with Gasteiger partial charge in [0.1, 0.15) is 6.04 Å². The van der Waals surface area contributed by atoms with E-state index in [1.54, 1.807) is 0 Å². The molecule has 1 amide bonds. The maximum Gasteiger partial charge on any atom is 0.284 e. The van der Waals surface area contributed by atoms with Gasteiger partial charge in [-0.05, 0) is 63.9 Å². The minimum atomic E-state index is -0.164. The minimum absolute atomic E-state index is 0.131. The molecule has 0 radical (unpaired) electrons. The molecule has 2 N–H and O–H groups in total.